The Kier molecular flexibility index (Phi) is 3.40. The molecule has 3 nitrogen and oxygen atoms in total. The van der Waals surface area contributed by atoms with Crippen molar-refractivity contribution in [2.75, 3.05) is 0 Å². The van der Waals surface area contributed by atoms with Crippen LogP contribution in [0.25, 0.3) is 5.69 Å². The Morgan fingerprint density at radius 2 is 1.27 bits per heavy atom. The second-order valence-corrected chi connectivity index (χ2v) is 6.91. The minimum Gasteiger partial charge on any atom is -0.261 e. The van der Waals surface area contributed by atoms with Crippen molar-refractivity contribution in [3.63, 3.8) is 0 Å². The van der Waals surface area contributed by atoms with Gasteiger partial charge in [-0.25, -0.2) is 0 Å². The quantitative estimate of drug-likeness (QED) is 0.437. The maximum absolute atomic E-state index is 5.67. The van der Waals surface area contributed by atoms with Crippen molar-refractivity contribution in [3.8, 4) is 5.69 Å². The first-order valence-electron chi connectivity index (χ1n) is 6.90. The summed E-state index contributed by atoms with van der Waals surface area (Å²) in [6.45, 7) is 1.53. The minimum absolute atomic E-state index is 0.738. The Balaban J connectivity index is 1.92. The van der Waals surface area contributed by atoms with Gasteiger partial charge in [-0.2, -0.15) is 0 Å². The third-order valence-electron chi connectivity index (χ3n) is 3.96. The van der Waals surface area contributed by atoms with Gasteiger partial charge in [0.2, 0.25) is 9.54 Å². The SMILES string of the molecule is S=c1n(-c2ccc(Br)cc2)c(=S)n2n1Cc1ccccc1C2. The summed E-state index contributed by atoms with van der Waals surface area (Å²) in [5.74, 6) is 0. The number of hydrogen-bond acceptors (Lipinski definition) is 2. The molecule has 1 aliphatic heterocycles. The lowest BCUT2D eigenvalue weighted by atomic mass is 10.1. The summed E-state index contributed by atoms with van der Waals surface area (Å²) in [5, 5.41) is 0. The van der Waals surface area contributed by atoms with E-state index >= 15 is 0 Å². The molecule has 0 saturated carbocycles. The Morgan fingerprint density at radius 1 is 0.773 bits per heavy atom. The van der Waals surface area contributed by atoms with Gasteiger partial charge in [-0.05, 0) is 59.8 Å². The summed E-state index contributed by atoms with van der Waals surface area (Å²) in [6, 6.07) is 16.5. The smallest absolute Gasteiger partial charge is 0.202 e. The standard InChI is InChI=1S/C16H12BrN3S2/c17-13-5-7-14(8-6-13)20-15(21)18-9-11-3-1-2-4-12(11)10-19(18)16(20)22/h1-8H,9-10H2. The molecule has 2 aromatic carbocycles. The Morgan fingerprint density at radius 3 is 1.77 bits per heavy atom. The monoisotopic (exact) mass is 389 g/mol. The zero-order valence-corrected chi connectivity index (χ0v) is 14.8. The molecule has 0 unspecified atom stereocenters. The first-order valence-corrected chi connectivity index (χ1v) is 8.51. The topological polar surface area (TPSA) is 14.8 Å². The van der Waals surface area contributed by atoms with E-state index in [4.69, 9.17) is 24.4 Å². The lowest BCUT2D eigenvalue weighted by Gasteiger charge is -2.20. The van der Waals surface area contributed by atoms with E-state index in [1.54, 1.807) is 0 Å². The van der Waals surface area contributed by atoms with Crippen LogP contribution in [0, 0.1) is 9.54 Å². The van der Waals surface area contributed by atoms with Crippen LogP contribution < -0.4 is 0 Å². The second kappa shape index (κ2) is 5.30. The van der Waals surface area contributed by atoms with Crippen molar-refractivity contribution in [1.29, 1.82) is 0 Å². The van der Waals surface area contributed by atoms with Crippen molar-refractivity contribution in [2.45, 2.75) is 13.1 Å². The predicted molar refractivity (Wildman–Crippen MR) is 95.8 cm³/mol. The predicted octanol–water partition coefficient (Wildman–Crippen LogP) is 4.71. The molecule has 2 heterocycles. The molecule has 0 amide bonds. The molecular weight excluding hydrogens is 378 g/mol. The molecule has 0 N–H and O–H groups in total. The Bertz CT molecular complexity index is 923. The van der Waals surface area contributed by atoms with E-state index in [1.165, 1.54) is 11.1 Å². The van der Waals surface area contributed by atoms with E-state index in [2.05, 4.69) is 49.6 Å². The third-order valence-corrected chi connectivity index (χ3v) is 5.27. The summed E-state index contributed by atoms with van der Waals surface area (Å²) >= 11 is 14.8. The van der Waals surface area contributed by atoms with Crippen molar-refractivity contribution in [1.82, 2.24) is 13.9 Å². The molecule has 0 spiro atoms. The highest BCUT2D eigenvalue weighted by Gasteiger charge is 2.18. The van der Waals surface area contributed by atoms with Gasteiger partial charge in [0.05, 0.1) is 18.8 Å². The molecule has 4 rings (SSSR count). The fraction of sp³-hybridized carbons (Fsp3) is 0.125. The maximum Gasteiger partial charge on any atom is 0.202 e. The summed E-state index contributed by atoms with van der Waals surface area (Å²) in [4.78, 5) is 0. The normalized spacial score (nSPS) is 12.8. The fourth-order valence-corrected chi connectivity index (χ4v) is 3.86. The van der Waals surface area contributed by atoms with Crippen LogP contribution in [0.3, 0.4) is 0 Å². The highest BCUT2D eigenvalue weighted by atomic mass is 79.9. The molecule has 0 saturated heterocycles. The molecule has 0 radical (unpaired) electrons. The molecule has 1 aromatic heterocycles. The molecule has 110 valence electrons. The Hall–Kier alpha value is -1.50. The third kappa shape index (κ3) is 2.14. The number of benzene rings is 2. The van der Waals surface area contributed by atoms with E-state index in [9.17, 15) is 0 Å². The molecule has 0 fully saturated rings. The number of halogens is 1. The number of rotatable bonds is 1. The summed E-state index contributed by atoms with van der Waals surface area (Å²) in [7, 11) is 0. The molecule has 1 aliphatic rings. The van der Waals surface area contributed by atoms with Gasteiger partial charge in [-0.1, -0.05) is 40.2 Å². The lowest BCUT2D eigenvalue weighted by molar-refractivity contribution is 0.475. The largest absolute Gasteiger partial charge is 0.261 e. The van der Waals surface area contributed by atoms with E-state index < -0.39 is 0 Å². The molecule has 0 atom stereocenters. The van der Waals surface area contributed by atoms with Crippen LogP contribution in [0.15, 0.2) is 53.0 Å². The van der Waals surface area contributed by atoms with Crippen LogP contribution in [-0.2, 0) is 13.1 Å². The van der Waals surface area contributed by atoms with Crippen LogP contribution in [-0.4, -0.2) is 13.9 Å². The molecular formula is C16H12BrN3S2. The highest BCUT2D eigenvalue weighted by molar-refractivity contribution is 9.10. The molecule has 0 bridgehead atoms. The number of nitrogens with zero attached hydrogens (tertiary/aromatic N) is 3. The van der Waals surface area contributed by atoms with E-state index in [0.717, 1.165) is 32.8 Å². The van der Waals surface area contributed by atoms with E-state index in [0.29, 0.717) is 0 Å². The second-order valence-electron chi connectivity index (χ2n) is 5.26. The van der Waals surface area contributed by atoms with E-state index in [-0.39, 0.29) is 0 Å². The van der Waals surface area contributed by atoms with Crippen LogP contribution in [0.2, 0.25) is 0 Å². The van der Waals surface area contributed by atoms with Crippen LogP contribution in [0.1, 0.15) is 11.1 Å². The van der Waals surface area contributed by atoms with Gasteiger partial charge in [0.1, 0.15) is 0 Å². The van der Waals surface area contributed by atoms with Crippen LogP contribution in [0.5, 0.6) is 0 Å². The molecule has 3 aromatic rings. The van der Waals surface area contributed by atoms with Gasteiger partial charge in [0.15, 0.2) is 0 Å². The summed E-state index contributed by atoms with van der Waals surface area (Å²) < 4.78 is 8.65. The highest BCUT2D eigenvalue weighted by Crippen LogP contribution is 2.22. The van der Waals surface area contributed by atoms with Crippen molar-refractivity contribution in [3.05, 3.63) is 73.7 Å². The fourth-order valence-electron chi connectivity index (χ4n) is 2.82. The van der Waals surface area contributed by atoms with Crippen molar-refractivity contribution >= 4 is 40.4 Å². The molecule has 6 heteroatoms. The average molecular weight is 390 g/mol. The first kappa shape index (κ1) is 14.1. The van der Waals surface area contributed by atoms with Gasteiger partial charge in [-0.3, -0.25) is 13.9 Å². The molecule has 0 aliphatic carbocycles. The maximum atomic E-state index is 5.67. The van der Waals surface area contributed by atoms with Gasteiger partial charge < -0.3 is 0 Å². The lowest BCUT2D eigenvalue weighted by Crippen LogP contribution is -2.21. The first-order chi connectivity index (χ1) is 10.6. The van der Waals surface area contributed by atoms with E-state index in [1.807, 2.05) is 28.8 Å². The van der Waals surface area contributed by atoms with Crippen LogP contribution in [0.4, 0.5) is 0 Å². The summed E-state index contributed by atoms with van der Waals surface area (Å²) in [6.07, 6.45) is 0. The zero-order valence-electron chi connectivity index (χ0n) is 11.6. The zero-order chi connectivity index (χ0) is 15.3. The Labute approximate surface area is 146 Å². The van der Waals surface area contributed by atoms with Crippen molar-refractivity contribution < 1.29 is 0 Å². The van der Waals surface area contributed by atoms with Gasteiger partial charge in [-0.15, -0.1) is 0 Å². The van der Waals surface area contributed by atoms with Gasteiger partial charge in [0.25, 0.3) is 0 Å². The number of aromatic nitrogens is 3. The molecule has 22 heavy (non-hydrogen) atoms. The van der Waals surface area contributed by atoms with Crippen LogP contribution >= 0.6 is 40.4 Å². The summed E-state index contributed by atoms with van der Waals surface area (Å²) in [5.41, 5.74) is 3.61. The van der Waals surface area contributed by atoms with Gasteiger partial charge in [0, 0.05) is 4.47 Å². The van der Waals surface area contributed by atoms with Gasteiger partial charge >= 0.3 is 0 Å². The number of hydrogen-bond donors (Lipinski definition) is 0. The van der Waals surface area contributed by atoms with Crippen molar-refractivity contribution in [2.24, 2.45) is 0 Å². The number of fused-ring (bicyclic) bond motifs is 2. The minimum atomic E-state index is 0.738. The average Bonchev–Trinajstić information content (AvgIpc) is 2.78.